The highest BCUT2D eigenvalue weighted by atomic mass is 16.6. The van der Waals surface area contributed by atoms with Crippen molar-refractivity contribution in [3.63, 3.8) is 0 Å². The summed E-state index contributed by atoms with van der Waals surface area (Å²) < 4.78 is 0. The molecule has 0 aliphatic carbocycles. The Kier molecular flexibility index (Phi) is 2.63. The number of nitro benzene ring substituents is 1. The first-order valence-corrected chi connectivity index (χ1v) is 5.42. The minimum absolute atomic E-state index is 0.103. The van der Waals surface area contributed by atoms with E-state index in [0.29, 0.717) is 6.54 Å². The summed E-state index contributed by atoms with van der Waals surface area (Å²) in [7, 11) is 0. The molecule has 17 heavy (non-hydrogen) atoms. The smallest absolute Gasteiger partial charge is 0.270 e. The second-order valence-corrected chi connectivity index (χ2v) is 4.78. The maximum Gasteiger partial charge on any atom is 0.270 e. The number of benzene rings is 1. The van der Waals surface area contributed by atoms with Crippen LogP contribution in [0.2, 0.25) is 0 Å². The molecule has 0 saturated carbocycles. The van der Waals surface area contributed by atoms with E-state index in [1.54, 1.807) is 12.1 Å². The fraction of sp³-hybridized carbons (Fsp3) is 0.333. The number of hydrogen-bond acceptors (Lipinski definition) is 3. The summed E-state index contributed by atoms with van der Waals surface area (Å²) in [4.78, 5) is 13.5. The Hall–Kier alpha value is -1.88. The van der Waals surface area contributed by atoms with Gasteiger partial charge in [-0.2, -0.15) is 0 Å². The summed E-state index contributed by atoms with van der Waals surface area (Å²) in [6.45, 7) is 4.53. The van der Waals surface area contributed by atoms with Crippen molar-refractivity contribution in [2.45, 2.75) is 19.3 Å². The third kappa shape index (κ3) is 1.89. The summed E-state index contributed by atoms with van der Waals surface area (Å²) in [6, 6.07) is 4.82. The van der Waals surface area contributed by atoms with Gasteiger partial charge in [-0.3, -0.25) is 10.1 Å². The lowest BCUT2D eigenvalue weighted by atomic mass is 9.84. The van der Waals surface area contributed by atoms with E-state index in [0.717, 1.165) is 16.5 Å². The van der Waals surface area contributed by atoms with Gasteiger partial charge >= 0.3 is 0 Å². The van der Waals surface area contributed by atoms with Gasteiger partial charge in [0, 0.05) is 41.2 Å². The highest BCUT2D eigenvalue weighted by molar-refractivity contribution is 5.86. The molecule has 0 radical (unpaired) electrons. The fourth-order valence-electron chi connectivity index (χ4n) is 1.89. The van der Waals surface area contributed by atoms with Crippen LogP contribution >= 0.6 is 0 Å². The van der Waals surface area contributed by atoms with Gasteiger partial charge in [-0.25, -0.2) is 0 Å². The van der Waals surface area contributed by atoms with Crippen molar-refractivity contribution in [3.8, 4) is 0 Å². The Balaban J connectivity index is 2.66. The van der Waals surface area contributed by atoms with Gasteiger partial charge in [-0.1, -0.05) is 13.8 Å². The van der Waals surface area contributed by atoms with Crippen LogP contribution in [0.15, 0.2) is 24.4 Å². The van der Waals surface area contributed by atoms with Crippen LogP contribution in [0.1, 0.15) is 19.4 Å². The van der Waals surface area contributed by atoms with Crippen LogP contribution in [0.5, 0.6) is 0 Å². The molecule has 0 aliphatic heterocycles. The van der Waals surface area contributed by atoms with Crippen LogP contribution in [-0.4, -0.2) is 16.5 Å². The Labute approximate surface area is 98.8 Å². The lowest BCUT2D eigenvalue weighted by molar-refractivity contribution is -0.384. The lowest BCUT2D eigenvalue weighted by Gasteiger charge is -2.21. The van der Waals surface area contributed by atoms with Gasteiger partial charge in [0.2, 0.25) is 0 Å². The van der Waals surface area contributed by atoms with Crippen LogP contribution < -0.4 is 5.73 Å². The normalized spacial score (nSPS) is 11.9. The second-order valence-electron chi connectivity index (χ2n) is 4.78. The number of hydrogen-bond donors (Lipinski definition) is 2. The number of fused-ring (bicyclic) bond motifs is 1. The second kappa shape index (κ2) is 3.85. The van der Waals surface area contributed by atoms with Crippen molar-refractivity contribution in [1.29, 1.82) is 0 Å². The van der Waals surface area contributed by atoms with Crippen LogP contribution in [0.25, 0.3) is 10.9 Å². The van der Waals surface area contributed by atoms with Crippen LogP contribution in [-0.2, 0) is 5.41 Å². The van der Waals surface area contributed by atoms with E-state index in [4.69, 9.17) is 5.73 Å². The Morgan fingerprint density at radius 1 is 1.47 bits per heavy atom. The minimum Gasteiger partial charge on any atom is -0.361 e. The summed E-state index contributed by atoms with van der Waals surface area (Å²) >= 11 is 0. The zero-order chi connectivity index (χ0) is 12.6. The number of nitrogens with two attached hydrogens (primary N) is 1. The van der Waals surface area contributed by atoms with Gasteiger partial charge in [-0.15, -0.1) is 0 Å². The van der Waals surface area contributed by atoms with Crippen molar-refractivity contribution in [2.75, 3.05) is 6.54 Å². The number of nitrogens with zero attached hydrogens (tertiary/aromatic N) is 1. The summed E-state index contributed by atoms with van der Waals surface area (Å²) in [5, 5.41) is 11.6. The van der Waals surface area contributed by atoms with Gasteiger partial charge < -0.3 is 10.7 Å². The molecule has 90 valence electrons. The average molecular weight is 233 g/mol. The molecule has 5 heteroatoms. The first-order chi connectivity index (χ1) is 7.95. The molecule has 0 spiro atoms. The van der Waals surface area contributed by atoms with Gasteiger partial charge in [0.15, 0.2) is 0 Å². The summed E-state index contributed by atoms with van der Waals surface area (Å²) in [6.07, 6.45) is 1.88. The Morgan fingerprint density at radius 2 is 2.18 bits per heavy atom. The van der Waals surface area contributed by atoms with E-state index in [2.05, 4.69) is 4.98 Å². The third-order valence-corrected chi connectivity index (χ3v) is 3.12. The first kappa shape index (κ1) is 11.6. The maximum atomic E-state index is 10.8. The molecule has 0 aliphatic rings. The van der Waals surface area contributed by atoms with Gasteiger partial charge in [0.05, 0.1) is 4.92 Å². The molecule has 1 heterocycles. The van der Waals surface area contributed by atoms with Crippen molar-refractivity contribution < 1.29 is 4.92 Å². The van der Waals surface area contributed by atoms with Crippen LogP contribution in [0.4, 0.5) is 5.69 Å². The molecule has 3 N–H and O–H groups in total. The van der Waals surface area contributed by atoms with Crippen molar-refractivity contribution in [1.82, 2.24) is 4.98 Å². The zero-order valence-corrected chi connectivity index (χ0v) is 9.86. The predicted octanol–water partition coefficient (Wildman–Crippen LogP) is 2.31. The number of nitrogens with one attached hydrogen (secondary N) is 1. The lowest BCUT2D eigenvalue weighted by Crippen LogP contribution is -2.27. The minimum atomic E-state index is -0.383. The number of non-ortho nitro benzene ring substituents is 1. The number of nitro groups is 1. The van der Waals surface area contributed by atoms with E-state index < -0.39 is 0 Å². The largest absolute Gasteiger partial charge is 0.361 e. The SMILES string of the molecule is CC(C)(CN)c1c[nH]c2ccc([N+](=O)[O-])cc12. The van der Waals surface area contributed by atoms with Crippen molar-refractivity contribution in [2.24, 2.45) is 5.73 Å². The quantitative estimate of drug-likeness (QED) is 0.630. The molecule has 2 aromatic rings. The van der Waals surface area contributed by atoms with Crippen molar-refractivity contribution in [3.05, 3.63) is 40.1 Å². The van der Waals surface area contributed by atoms with Gasteiger partial charge in [0.1, 0.15) is 0 Å². The molecule has 0 fully saturated rings. The Morgan fingerprint density at radius 3 is 2.76 bits per heavy atom. The maximum absolute atomic E-state index is 10.8. The molecular weight excluding hydrogens is 218 g/mol. The molecule has 2 rings (SSSR count). The average Bonchev–Trinajstić information content (AvgIpc) is 2.72. The number of aromatic amines is 1. The van der Waals surface area contributed by atoms with Gasteiger partial charge in [-0.05, 0) is 11.6 Å². The zero-order valence-electron chi connectivity index (χ0n) is 9.86. The van der Waals surface area contributed by atoms with E-state index >= 15 is 0 Å². The molecular formula is C12H15N3O2. The number of aromatic nitrogens is 1. The molecule has 0 saturated heterocycles. The number of rotatable bonds is 3. The summed E-state index contributed by atoms with van der Waals surface area (Å²) in [5.41, 5.74) is 7.55. The molecule has 1 aromatic heterocycles. The highest BCUT2D eigenvalue weighted by Crippen LogP contribution is 2.31. The number of H-pyrrole nitrogens is 1. The molecule has 5 nitrogen and oxygen atoms in total. The topological polar surface area (TPSA) is 85.0 Å². The molecule has 0 amide bonds. The standard InChI is InChI=1S/C12H15N3O2/c1-12(2,7-13)10-6-14-11-4-3-8(15(16)17)5-9(10)11/h3-6,14H,7,13H2,1-2H3. The van der Waals surface area contributed by atoms with E-state index in [-0.39, 0.29) is 16.0 Å². The molecule has 0 atom stereocenters. The van der Waals surface area contributed by atoms with Crippen LogP contribution in [0.3, 0.4) is 0 Å². The highest BCUT2D eigenvalue weighted by Gasteiger charge is 2.23. The van der Waals surface area contributed by atoms with Crippen LogP contribution in [0, 0.1) is 10.1 Å². The van der Waals surface area contributed by atoms with E-state index in [1.807, 2.05) is 20.0 Å². The fourth-order valence-corrected chi connectivity index (χ4v) is 1.89. The summed E-state index contributed by atoms with van der Waals surface area (Å²) in [5.74, 6) is 0. The first-order valence-electron chi connectivity index (χ1n) is 5.42. The molecule has 0 unspecified atom stereocenters. The molecule has 0 bridgehead atoms. The third-order valence-electron chi connectivity index (χ3n) is 3.12. The molecule has 1 aromatic carbocycles. The predicted molar refractivity (Wildman–Crippen MR) is 67.0 cm³/mol. The Bertz CT molecular complexity index is 572. The van der Waals surface area contributed by atoms with Gasteiger partial charge in [0.25, 0.3) is 5.69 Å². The van der Waals surface area contributed by atoms with E-state index in [9.17, 15) is 10.1 Å². The van der Waals surface area contributed by atoms with E-state index in [1.165, 1.54) is 6.07 Å². The monoisotopic (exact) mass is 233 g/mol. The van der Waals surface area contributed by atoms with Crippen molar-refractivity contribution >= 4 is 16.6 Å².